The molecule has 4 nitrogen and oxygen atoms in total. The Hall–Kier alpha value is 0.420. The van der Waals surface area contributed by atoms with Crippen LogP contribution in [0.15, 0.2) is 3.34 Å². The zero-order valence-electron chi connectivity index (χ0n) is 13.6. The second kappa shape index (κ2) is 7.27. The van der Waals surface area contributed by atoms with Gasteiger partial charge in [-0.05, 0) is 0 Å². The summed E-state index contributed by atoms with van der Waals surface area (Å²) in [5.74, 6) is 0. The van der Waals surface area contributed by atoms with Gasteiger partial charge >= 0.3 is 118 Å². The number of hydrogen-bond acceptors (Lipinski definition) is 1. The van der Waals surface area contributed by atoms with E-state index in [-0.39, 0.29) is 5.54 Å². The molecule has 0 amide bonds. The van der Waals surface area contributed by atoms with E-state index >= 15 is 0 Å². The molecule has 0 aromatic heterocycles. The molecule has 0 aliphatic carbocycles. The van der Waals surface area contributed by atoms with E-state index in [9.17, 15) is 0 Å². The summed E-state index contributed by atoms with van der Waals surface area (Å²) in [7, 11) is 0. The standard InChI is InChI=1S/C4H9N.3C3H8N.Ta/c1-4(2,3)5;3*1-3(2)4;/h1-3H3;3*3-4H,1-2H3;/q;3*-1;+3. The second-order valence-electron chi connectivity index (χ2n) is 6.76. The second-order valence-corrected chi connectivity index (χ2v) is 14.8. The Morgan fingerprint density at radius 3 is 1.17 bits per heavy atom. The fraction of sp³-hybridized carbons (Fsp3) is 1.00. The van der Waals surface area contributed by atoms with Crippen molar-refractivity contribution in [1.82, 2.24) is 11.2 Å². The SMILES string of the molecule is CC(C)[NH][Ta](=[N]C(C)(C)C)([NH]C(C)C)[NH]C(C)C. The first-order valence-electron chi connectivity index (χ1n) is 6.92. The van der Waals surface area contributed by atoms with Crippen LogP contribution in [0.4, 0.5) is 0 Å². The van der Waals surface area contributed by atoms with Crippen LogP contribution in [-0.4, -0.2) is 23.7 Å². The van der Waals surface area contributed by atoms with E-state index in [2.05, 4.69) is 73.5 Å². The van der Waals surface area contributed by atoms with E-state index in [1.54, 1.807) is 0 Å². The first kappa shape index (κ1) is 18.4. The fourth-order valence-electron chi connectivity index (χ4n) is 1.77. The molecule has 0 aromatic carbocycles. The molecular formula is C13H33N4Ta. The molecule has 0 rings (SSSR count). The van der Waals surface area contributed by atoms with E-state index in [1.165, 1.54) is 0 Å². The van der Waals surface area contributed by atoms with Crippen molar-refractivity contribution in [2.75, 3.05) is 0 Å². The topological polar surface area (TPSA) is 48.5 Å². The van der Waals surface area contributed by atoms with Crippen molar-refractivity contribution in [1.29, 1.82) is 0 Å². The third-order valence-corrected chi connectivity index (χ3v) is 14.6. The maximum absolute atomic E-state index is 5.14. The van der Waals surface area contributed by atoms with Crippen LogP contribution in [0.25, 0.3) is 0 Å². The van der Waals surface area contributed by atoms with E-state index in [4.69, 9.17) is 3.34 Å². The van der Waals surface area contributed by atoms with Gasteiger partial charge in [0.2, 0.25) is 0 Å². The number of rotatable bonds is 6. The minimum absolute atomic E-state index is 0.0237. The van der Waals surface area contributed by atoms with Crippen molar-refractivity contribution in [3.05, 3.63) is 0 Å². The Kier molecular flexibility index (Phi) is 7.44. The molecule has 0 fully saturated rings. The van der Waals surface area contributed by atoms with Crippen LogP contribution in [0.3, 0.4) is 0 Å². The van der Waals surface area contributed by atoms with Crippen LogP contribution in [0.1, 0.15) is 62.3 Å². The summed E-state index contributed by atoms with van der Waals surface area (Å²) in [5.41, 5.74) is -0.0237. The maximum atomic E-state index is 5.14. The van der Waals surface area contributed by atoms with Gasteiger partial charge in [0.05, 0.1) is 0 Å². The molecule has 0 aromatic rings. The molecule has 0 atom stereocenters. The first-order valence-corrected chi connectivity index (χ1v) is 13.2. The first-order chi connectivity index (χ1) is 7.96. The van der Waals surface area contributed by atoms with Gasteiger partial charge in [-0.3, -0.25) is 0 Å². The summed E-state index contributed by atoms with van der Waals surface area (Å²) in [6.45, 7) is 19.7. The van der Waals surface area contributed by atoms with Crippen molar-refractivity contribution >= 4 is 0 Å². The Balaban J connectivity index is 5.46. The van der Waals surface area contributed by atoms with Crippen molar-refractivity contribution in [2.24, 2.45) is 3.34 Å². The monoisotopic (exact) mass is 426 g/mol. The van der Waals surface area contributed by atoms with Gasteiger partial charge in [-0.2, -0.15) is 0 Å². The predicted octanol–water partition coefficient (Wildman–Crippen LogP) is 2.86. The molecule has 5 heteroatoms. The summed E-state index contributed by atoms with van der Waals surface area (Å²) in [4.78, 5) is 0. The quantitative estimate of drug-likeness (QED) is 0.612. The molecule has 18 heavy (non-hydrogen) atoms. The predicted molar refractivity (Wildman–Crippen MR) is 77.0 cm³/mol. The Morgan fingerprint density at radius 1 is 0.722 bits per heavy atom. The zero-order chi connectivity index (χ0) is 14.6. The van der Waals surface area contributed by atoms with Crippen molar-refractivity contribution in [2.45, 2.75) is 86.0 Å². The molecular weight excluding hydrogens is 393 g/mol. The average Bonchev–Trinajstić information content (AvgIpc) is 1.92. The van der Waals surface area contributed by atoms with E-state index in [0.29, 0.717) is 18.1 Å². The van der Waals surface area contributed by atoms with Crippen molar-refractivity contribution < 1.29 is 17.7 Å². The summed E-state index contributed by atoms with van der Waals surface area (Å²) in [6, 6.07) is 1.31. The molecule has 0 spiro atoms. The zero-order valence-corrected chi connectivity index (χ0v) is 16.8. The molecule has 0 unspecified atom stereocenters. The van der Waals surface area contributed by atoms with Gasteiger partial charge in [-0.1, -0.05) is 0 Å². The Bertz CT molecular complexity index is 257. The number of nitrogens with one attached hydrogen (secondary N) is 3. The van der Waals surface area contributed by atoms with Crippen LogP contribution < -0.4 is 11.2 Å². The molecule has 0 aliphatic rings. The molecule has 0 saturated heterocycles. The molecule has 3 N–H and O–H groups in total. The van der Waals surface area contributed by atoms with E-state index < -0.39 is 17.7 Å². The van der Waals surface area contributed by atoms with Gasteiger partial charge < -0.3 is 0 Å². The van der Waals surface area contributed by atoms with Gasteiger partial charge in [0.15, 0.2) is 0 Å². The van der Waals surface area contributed by atoms with Crippen LogP contribution in [0.2, 0.25) is 0 Å². The molecule has 0 bridgehead atoms. The normalized spacial score (nSPS) is 13.8. The van der Waals surface area contributed by atoms with Gasteiger partial charge in [-0.25, -0.2) is 0 Å². The van der Waals surface area contributed by atoms with Crippen LogP contribution in [-0.2, 0) is 17.7 Å². The van der Waals surface area contributed by atoms with Crippen LogP contribution >= 0.6 is 0 Å². The van der Waals surface area contributed by atoms with Gasteiger partial charge in [0.1, 0.15) is 0 Å². The Morgan fingerprint density at radius 2 is 1.00 bits per heavy atom. The molecule has 0 radical (unpaired) electrons. The summed E-state index contributed by atoms with van der Waals surface area (Å²) >= 11 is -3.16. The number of hydrogen-bond donors (Lipinski definition) is 3. The summed E-state index contributed by atoms with van der Waals surface area (Å²) in [6.07, 6.45) is 0. The van der Waals surface area contributed by atoms with Crippen LogP contribution in [0, 0.1) is 0 Å². The van der Waals surface area contributed by atoms with E-state index in [0.717, 1.165) is 0 Å². The molecule has 110 valence electrons. The average molecular weight is 426 g/mol. The van der Waals surface area contributed by atoms with Gasteiger partial charge in [-0.15, -0.1) is 0 Å². The Labute approximate surface area is 118 Å². The van der Waals surface area contributed by atoms with E-state index in [1.807, 2.05) is 0 Å². The molecule has 0 aliphatic heterocycles. The van der Waals surface area contributed by atoms with Gasteiger partial charge in [0, 0.05) is 0 Å². The molecule has 0 heterocycles. The van der Waals surface area contributed by atoms with Crippen molar-refractivity contribution in [3.63, 3.8) is 0 Å². The van der Waals surface area contributed by atoms with Crippen molar-refractivity contribution in [3.8, 4) is 0 Å². The van der Waals surface area contributed by atoms with Gasteiger partial charge in [0.25, 0.3) is 0 Å². The minimum atomic E-state index is -3.16. The van der Waals surface area contributed by atoms with Crippen LogP contribution in [0.5, 0.6) is 0 Å². The third-order valence-electron chi connectivity index (χ3n) is 1.79. The third kappa shape index (κ3) is 8.51. The fourth-order valence-corrected chi connectivity index (χ4v) is 14.5. The molecule has 0 saturated carbocycles. The number of nitrogens with zero attached hydrogens (tertiary/aromatic N) is 1. The summed E-state index contributed by atoms with van der Waals surface area (Å²) < 4.78 is 16.4. The summed E-state index contributed by atoms with van der Waals surface area (Å²) in [5, 5.41) is 0.